The molecule has 20 heavy (non-hydrogen) atoms. The number of rotatable bonds is 4. The van der Waals surface area contributed by atoms with E-state index in [9.17, 15) is 14.0 Å². The second-order valence-corrected chi connectivity index (χ2v) is 4.81. The maximum Gasteiger partial charge on any atom is 0.343 e. The Kier molecular flexibility index (Phi) is 3.79. The van der Waals surface area contributed by atoms with Gasteiger partial charge in [-0.1, -0.05) is 0 Å². The van der Waals surface area contributed by atoms with E-state index in [0.29, 0.717) is 6.54 Å². The van der Waals surface area contributed by atoms with E-state index < -0.39 is 23.2 Å². The minimum absolute atomic E-state index is 0.213. The van der Waals surface area contributed by atoms with Crippen LogP contribution in [0.4, 0.5) is 10.1 Å². The van der Waals surface area contributed by atoms with E-state index in [-0.39, 0.29) is 15.6 Å². The molecule has 0 bridgehead atoms. The molecule has 4 N–H and O–H groups in total. The first-order valence-corrected chi connectivity index (χ1v) is 6.41. The summed E-state index contributed by atoms with van der Waals surface area (Å²) in [5, 5.41) is 15.5. The molecule has 0 radical (unpaired) electrons. The van der Waals surface area contributed by atoms with Gasteiger partial charge in [-0.3, -0.25) is 4.57 Å². The van der Waals surface area contributed by atoms with Gasteiger partial charge in [0.25, 0.3) is 0 Å². The molecule has 1 aromatic heterocycles. The van der Waals surface area contributed by atoms with Crippen LogP contribution in [0.3, 0.4) is 0 Å². The van der Waals surface area contributed by atoms with Crippen LogP contribution in [0.25, 0.3) is 0 Å². The highest BCUT2D eigenvalue weighted by atomic mass is 32.2. The molecule has 0 saturated carbocycles. The first kappa shape index (κ1) is 14.1. The lowest BCUT2D eigenvalue weighted by molar-refractivity contribution is 0.0694. The molecular weight excluding hydrogens is 287 g/mol. The van der Waals surface area contributed by atoms with Crippen molar-refractivity contribution in [3.63, 3.8) is 0 Å². The van der Waals surface area contributed by atoms with Crippen molar-refractivity contribution in [2.24, 2.45) is 0 Å². The Labute approximate surface area is 116 Å². The fourth-order valence-corrected chi connectivity index (χ4v) is 2.68. The smallest absolute Gasteiger partial charge is 0.343 e. The number of nitrogens with two attached hydrogens (primary N) is 1. The molecule has 0 fully saturated rings. The van der Waals surface area contributed by atoms with Crippen LogP contribution in [-0.2, 0) is 6.54 Å². The summed E-state index contributed by atoms with van der Waals surface area (Å²) in [6, 6.07) is 2.37. The summed E-state index contributed by atoms with van der Waals surface area (Å²) < 4.78 is 14.7. The van der Waals surface area contributed by atoms with Gasteiger partial charge in [-0.25, -0.2) is 19.1 Å². The number of carbonyl (C=O) groups is 1. The number of carboxylic acid groups (broad SMARTS) is 1. The highest BCUT2D eigenvalue weighted by Gasteiger charge is 2.20. The monoisotopic (exact) mass is 298 g/mol. The van der Waals surface area contributed by atoms with E-state index in [1.54, 1.807) is 6.92 Å². The van der Waals surface area contributed by atoms with Crippen LogP contribution < -0.4 is 11.4 Å². The molecule has 1 heterocycles. The van der Waals surface area contributed by atoms with Crippen molar-refractivity contribution in [2.45, 2.75) is 23.5 Å². The van der Waals surface area contributed by atoms with Gasteiger partial charge in [0.05, 0.1) is 11.3 Å². The number of carboxylic acids is 1. The van der Waals surface area contributed by atoms with Gasteiger partial charge in [-0.2, -0.15) is 0 Å². The van der Waals surface area contributed by atoms with E-state index in [1.807, 2.05) is 0 Å². The number of nitrogen functional groups attached to an aromatic ring is 1. The summed E-state index contributed by atoms with van der Waals surface area (Å²) in [6.45, 7) is 2.12. The highest BCUT2D eigenvalue weighted by Crippen LogP contribution is 2.32. The van der Waals surface area contributed by atoms with Gasteiger partial charge in [-0.05, 0) is 30.8 Å². The van der Waals surface area contributed by atoms with Crippen molar-refractivity contribution < 1.29 is 14.3 Å². The zero-order valence-corrected chi connectivity index (χ0v) is 11.2. The molecule has 0 aliphatic carbocycles. The van der Waals surface area contributed by atoms with Gasteiger partial charge in [0.1, 0.15) is 5.82 Å². The molecule has 0 unspecified atom stereocenters. The van der Waals surface area contributed by atoms with Crippen molar-refractivity contribution >= 4 is 23.4 Å². The van der Waals surface area contributed by atoms with E-state index >= 15 is 0 Å². The molecule has 0 atom stereocenters. The van der Waals surface area contributed by atoms with Crippen LogP contribution in [0.2, 0.25) is 0 Å². The lowest BCUT2D eigenvalue weighted by atomic mass is 10.2. The first-order chi connectivity index (χ1) is 9.45. The van der Waals surface area contributed by atoms with Crippen molar-refractivity contribution in [3.8, 4) is 0 Å². The Balaban J connectivity index is 2.51. The van der Waals surface area contributed by atoms with Crippen LogP contribution in [0, 0.1) is 5.82 Å². The Morgan fingerprint density at radius 1 is 1.60 bits per heavy atom. The number of halogens is 1. The SMILES string of the molecule is CCn1c(Sc2ccc(F)c(N)c2C(=O)O)n[nH]c1=O. The average Bonchev–Trinajstić information content (AvgIpc) is 2.74. The average molecular weight is 298 g/mol. The van der Waals surface area contributed by atoms with E-state index in [4.69, 9.17) is 10.8 Å². The Morgan fingerprint density at radius 3 is 2.90 bits per heavy atom. The lowest BCUT2D eigenvalue weighted by Gasteiger charge is -2.08. The Morgan fingerprint density at radius 2 is 2.30 bits per heavy atom. The van der Waals surface area contributed by atoms with Crippen LogP contribution in [0.15, 0.2) is 27.0 Å². The predicted octanol–water partition coefficient (Wildman–Crippen LogP) is 1.16. The molecule has 2 rings (SSSR count). The third kappa shape index (κ3) is 2.39. The molecule has 0 amide bonds. The minimum Gasteiger partial charge on any atom is -0.478 e. The summed E-state index contributed by atoms with van der Waals surface area (Å²) >= 11 is 0.931. The fraction of sp³-hybridized carbons (Fsp3) is 0.182. The second-order valence-electron chi connectivity index (χ2n) is 3.80. The lowest BCUT2D eigenvalue weighted by Crippen LogP contribution is -2.16. The van der Waals surface area contributed by atoms with Crippen LogP contribution >= 0.6 is 11.8 Å². The largest absolute Gasteiger partial charge is 0.478 e. The number of anilines is 1. The quantitative estimate of drug-likeness (QED) is 0.730. The van der Waals surface area contributed by atoms with Crippen molar-refractivity contribution in [1.29, 1.82) is 0 Å². The highest BCUT2D eigenvalue weighted by molar-refractivity contribution is 7.99. The van der Waals surface area contributed by atoms with Gasteiger partial charge < -0.3 is 10.8 Å². The second kappa shape index (κ2) is 5.37. The minimum atomic E-state index is -1.34. The number of aromatic amines is 1. The predicted molar refractivity (Wildman–Crippen MR) is 70.4 cm³/mol. The molecular formula is C11H11FN4O3S. The number of aromatic nitrogens is 3. The third-order valence-electron chi connectivity index (χ3n) is 2.61. The molecule has 7 nitrogen and oxygen atoms in total. The summed E-state index contributed by atoms with van der Waals surface area (Å²) in [4.78, 5) is 22.8. The van der Waals surface area contributed by atoms with Gasteiger partial charge in [0.2, 0.25) is 0 Å². The summed E-state index contributed by atoms with van der Waals surface area (Å²) in [5.74, 6) is -2.15. The summed E-state index contributed by atoms with van der Waals surface area (Å²) in [6.07, 6.45) is 0. The molecule has 9 heteroatoms. The molecule has 0 saturated heterocycles. The van der Waals surface area contributed by atoms with Gasteiger partial charge >= 0.3 is 11.7 Å². The number of hydrogen-bond donors (Lipinski definition) is 3. The maximum absolute atomic E-state index is 13.3. The van der Waals surface area contributed by atoms with Crippen molar-refractivity contribution in [1.82, 2.24) is 14.8 Å². The summed E-state index contributed by atoms with van der Waals surface area (Å²) in [7, 11) is 0. The molecule has 0 aliphatic rings. The summed E-state index contributed by atoms with van der Waals surface area (Å²) in [5.41, 5.74) is 4.27. The van der Waals surface area contributed by atoms with Crippen LogP contribution in [0.5, 0.6) is 0 Å². The topological polar surface area (TPSA) is 114 Å². The normalized spacial score (nSPS) is 10.7. The number of nitrogens with zero attached hydrogens (tertiary/aromatic N) is 2. The zero-order valence-electron chi connectivity index (χ0n) is 10.4. The van der Waals surface area contributed by atoms with E-state index in [2.05, 4.69) is 10.2 Å². The standard InChI is InChI=1S/C11H11FN4O3S/c1-2-16-10(19)14-15-11(16)20-6-4-3-5(12)8(13)7(6)9(17)18/h3-4H,2,13H2,1H3,(H,14,19)(H,17,18). The van der Waals surface area contributed by atoms with Crippen LogP contribution in [-0.4, -0.2) is 25.8 Å². The van der Waals surface area contributed by atoms with Gasteiger partial charge in [-0.15, -0.1) is 5.10 Å². The van der Waals surface area contributed by atoms with Crippen molar-refractivity contribution in [3.05, 3.63) is 34.0 Å². The van der Waals surface area contributed by atoms with E-state index in [0.717, 1.165) is 17.8 Å². The van der Waals surface area contributed by atoms with Gasteiger partial charge in [0, 0.05) is 11.4 Å². The maximum atomic E-state index is 13.3. The van der Waals surface area contributed by atoms with Crippen molar-refractivity contribution in [2.75, 3.05) is 5.73 Å². The number of H-pyrrole nitrogens is 1. The Hall–Kier alpha value is -2.29. The molecule has 106 valence electrons. The third-order valence-corrected chi connectivity index (χ3v) is 3.66. The number of nitrogens with one attached hydrogen (secondary N) is 1. The number of benzene rings is 1. The number of hydrogen-bond acceptors (Lipinski definition) is 5. The molecule has 2 aromatic rings. The molecule has 1 aromatic carbocycles. The number of aromatic carboxylic acids is 1. The Bertz CT molecular complexity index is 725. The zero-order chi connectivity index (χ0) is 14.9. The molecule has 0 spiro atoms. The fourth-order valence-electron chi connectivity index (χ4n) is 1.64. The first-order valence-electron chi connectivity index (χ1n) is 5.60. The van der Waals surface area contributed by atoms with Crippen LogP contribution in [0.1, 0.15) is 17.3 Å². The van der Waals surface area contributed by atoms with E-state index in [1.165, 1.54) is 10.6 Å². The molecule has 0 aliphatic heterocycles. The van der Waals surface area contributed by atoms with Gasteiger partial charge in [0.15, 0.2) is 5.16 Å².